The van der Waals surface area contributed by atoms with Gasteiger partial charge in [-0.2, -0.15) is 0 Å². The molecule has 7 heteroatoms. The molecule has 2 aromatic carbocycles. The summed E-state index contributed by atoms with van der Waals surface area (Å²) in [4.78, 5) is 25.0. The van der Waals surface area contributed by atoms with E-state index in [1.807, 2.05) is 49.3 Å². The van der Waals surface area contributed by atoms with Gasteiger partial charge in [-0.3, -0.25) is 14.9 Å². The molecule has 0 aliphatic carbocycles. The zero-order chi connectivity index (χ0) is 19.1. The van der Waals surface area contributed by atoms with Gasteiger partial charge in [0.1, 0.15) is 0 Å². The van der Waals surface area contributed by atoms with E-state index in [1.54, 1.807) is 0 Å². The maximum absolute atomic E-state index is 12.4. The lowest BCUT2D eigenvalue weighted by atomic mass is 10.0. The van der Waals surface area contributed by atoms with Crippen LogP contribution >= 0.6 is 0 Å². The molecular formula is C19H23N3O4. The van der Waals surface area contributed by atoms with Crippen molar-refractivity contribution in [2.75, 3.05) is 27.7 Å². The van der Waals surface area contributed by atoms with Gasteiger partial charge in [-0.1, -0.05) is 30.3 Å². The molecule has 1 N–H and O–H groups in total. The summed E-state index contributed by atoms with van der Waals surface area (Å²) in [6, 6.07) is 14.3. The highest BCUT2D eigenvalue weighted by atomic mass is 16.6. The topological polar surface area (TPSA) is 84.7 Å². The summed E-state index contributed by atoms with van der Waals surface area (Å²) in [5.41, 5.74) is 1.18. The molecule has 138 valence electrons. The molecule has 0 saturated carbocycles. The Labute approximate surface area is 152 Å². The van der Waals surface area contributed by atoms with E-state index in [4.69, 9.17) is 4.74 Å². The van der Waals surface area contributed by atoms with Crippen LogP contribution in [-0.4, -0.2) is 49.5 Å². The molecule has 2 rings (SSSR count). The smallest absolute Gasteiger partial charge is 0.311 e. The first-order valence-electron chi connectivity index (χ1n) is 8.23. The van der Waals surface area contributed by atoms with E-state index >= 15 is 0 Å². The molecule has 1 unspecified atom stereocenters. The largest absolute Gasteiger partial charge is 0.490 e. The predicted octanol–water partition coefficient (Wildman–Crippen LogP) is 2.51. The van der Waals surface area contributed by atoms with Crippen LogP contribution in [0.3, 0.4) is 0 Å². The number of nitrogens with one attached hydrogen (secondary N) is 1. The highest BCUT2D eigenvalue weighted by molar-refractivity contribution is 5.95. The van der Waals surface area contributed by atoms with Crippen LogP contribution in [0.5, 0.6) is 5.75 Å². The number of nitrogens with zero attached hydrogens (tertiary/aromatic N) is 2. The number of methoxy groups -OCH3 is 1. The number of rotatable bonds is 8. The summed E-state index contributed by atoms with van der Waals surface area (Å²) < 4.78 is 4.96. The summed E-state index contributed by atoms with van der Waals surface area (Å²) in [6.45, 7) is 0.431. The highest BCUT2D eigenvalue weighted by Gasteiger charge is 2.19. The normalized spacial score (nSPS) is 11.8. The quantitative estimate of drug-likeness (QED) is 0.580. The number of amides is 1. The summed E-state index contributed by atoms with van der Waals surface area (Å²) in [5, 5.41) is 14.0. The standard InChI is InChI=1S/C19H23N3O4/c1-21(2)16(11-14-7-5-4-6-8-14)13-20-19(23)15-9-10-18(26-3)17(12-15)22(24)25/h4-10,12,16H,11,13H2,1-3H3,(H,20,23). The molecule has 1 atom stereocenters. The van der Waals surface area contributed by atoms with Crippen LogP contribution in [-0.2, 0) is 6.42 Å². The van der Waals surface area contributed by atoms with Crippen molar-refractivity contribution in [1.29, 1.82) is 0 Å². The number of benzene rings is 2. The van der Waals surface area contributed by atoms with Gasteiger partial charge in [-0.05, 0) is 38.2 Å². The summed E-state index contributed by atoms with van der Waals surface area (Å²) in [7, 11) is 5.27. The Morgan fingerprint density at radius 2 is 1.92 bits per heavy atom. The molecule has 0 aromatic heterocycles. The van der Waals surface area contributed by atoms with Crippen LogP contribution in [0.15, 0.2) is 48.5 Å². The fourth-order valence-corrected chi connectivity index (χ4v) is 2.61. The maximum Gasteiger partial charge on any atom is 0.311 e. The van der Waals surface area contributed by atoms with Crippen molar-refractivity contribution in [1.82, 2.24) is 10.2 Å². The molecule has 0 heterocycles. The molecule has 0 aliphatic rings. The van der Waals surface area contributed by atoms with Gasteiger partial charge in [0.2, 0.25) is 0 Å². The van der Waals surface area contributed by atoms with Crippen LogP contribution in [0.1, 0.15) is 15.9 Å². The van der Waals surface area contributed by atoms with Crippen molar-refractivity contribution in [3.8, 4) is 5.75 Å². The zero-order valence-electron chi connectivity index (χ0n) is 15.1. The van der Waals surface area contributed by atoms with Crippen molar-refractivity contribution in [2.45, 2.75) is 12.5 Å². The Balaban J connectivity index is 2.06. The number of ether oxygens (including phenoxy) is 1. The van der Waals surface area contributed by atoms with E-state index in [9.17, 15) is 14.9 Å². The van der Waals surface area contributed by atoms with Crippen molar-refractivity contribution < 1.29 is 14.5 Å². The van der Waals surface area contributed by atoms with Crippen LogP contribution < -0.4 is 10.1 Å². The van der Waals surface area contributed by atoms with Crippen LogP contribution in [0.25, 0.3) is 0 Å². The van der Waals surface area contributed by atoms with Crippen LogP contribution in [0.4, 0.5) is 5.69 Å². The third kappa shape index (κ3) is 5.03. The lowest BCUT2D eigenvalue weighted by molar-refractivity contribution is -0.385. The fraction of sp³-hybridized carbons (Fsp3) is 0.316. The van der Waals surface area contributed by atoms with E-state index in [1.165, 1.54) is 30.9 Å². The van der Waals surface area contributed by atoms with Crippen molar-refractivity contribution in [3.63, 3.8) is 0 Å². The second kappa shape index (κ2) is 8.96. The SMILES string of the molecule is COc1ccc(C(=O)NCC(Cc2ccccc2)N(C)C)cc1[N+](=O)[O-]. The van der Waals surface area contributed by atoms with Gasteiger partial charge in [-0.15, -0.1) is 0 Å². The van der Waals surface area contributed by atoms with Gasteiger partial charge in [0, 0.05) is 24.2 Å². The van der Waals surface area contributed by atoms with Gasteiger partial charge in [0.05, 0.1) is 12.0 Å². The Hall–Kier alpha value is -2.93. The minimum atomic E-state index is -0.562. The molecule has 2 aromatic rings. The number of hydrogen-bond acceptors (Lipinski definition) is 5. The molecule has 0 radical (unpaired) electrons. The molecule has 0 bridgehead atoms. The van der Waals surface area contributed by atoms with Crippen molar-refractivity contribution in [3.05, 3.63) is 69.8 Å². The molecule has 26 heavy (non-hydrogen) atoms. The molecular weight excluding hydrogens is 334 g/mol. The number of nitro benzene ring substituents is 1. The Morgan fingerprint density at radius 3 is 2.50 bits per heavy atom. The monoisotopic (exact) mass is 357 g/mol. The number of likely N-dealkylation sites (N-methyl/N-ethyl adjacent to an activating group) is 1. The third-order valence-electron chi connectivity index (χ3n) is 4.18. The summed E-state index contributed by atoms with van der Waals surface area (Å²) in [6.07, 6.45) is 0.789. The van der Waals surface area contributed by atoms with Crippen LogP contribution in [0, 0.1) is 10.1 Å². The first-order chi connectivity index (χ1) is 12.4. The van der Waals surface area contributed by atoms with E-state index in [-0.39, 0.29) is 28.9 Å². The second-order valence-corrected chi connectivity index (χ2v) is 6.16. The van der Waals surface area contributed by atoms with Gasteiger partial charge in [0.25, 0.3) is 5.91 Å². The summed E-state index contributed by atoms with van der Waals surface area (Å²) in [5.74, 6) is -0.225. The van der Waals surface area contributed by atoms with Gasteiger partial charge in [0.15, 0.2) is 5.75 Å². The predicted molar refractivity (Wildman–Crippen MR) is 99.6 cm³/mol. The Kier molecular flexibility index (Phi) is 6.68. The third-order valence-corrected chi connectivity index (χ3v) is 4.18. The van der Waals surface area contributed by atoms with Gasteiger partial charge >= 0.3 is 5.69 Å². The number of nitro groups is 1. The lowest BCUT2D eigenvalue weighted by Crippen LogP contribution is -2.41. The molecule has 0 fully saturated rings. The maximum atomic E-state index is 12.4. The minimum absolute atomic E-state index is 0.106. The van der Waals surface area contributed by atoms with Crippen molar-refractivity contribution >= 4 is 11.6 Å². The molecule has 1 amide bonds. The molecule has 0 saturated heterocycles. The zero-order valence-corrected chi connectivity index (χ0v) is 15.1. The lowest BCUT2D eigenvalue weighted by Gasteiger charge is -2.24. The number of carbonyl (C=O) groups excluding carboxylic acids is 1. The molecule has 0 spiro atoms. The van der Waals surface area contributed by atoms with E-state index in [2.05, 4.69) is 5.32 Å². The van der Waals surface area contributed by atoms with E-state index < -0.39 is 4.92 Å². The molecule has 0 aliphatic heterocycles. The fourth-order valence-electron chi connectivity index (χ4n) is 2.61. The minimum Gasteiger partial charge on any atom is -0.490 e. The van der Waals surface area contributed by atoms with E-state index in [0.717, 1.165) is 6.42 Å². The first-order valence-corrected chi connectivity index (χ1v) is 8.23. The average molecular weight is 357 g/mol. The average Bonchev–Trinajstić information content (AvgIpc) is 2.64. The van der Waals surface area contributed by atoms with Crippen LogP contribution in [0.2, 0.25) is 0 Å². The number of hydrogen-bond donors (Lipinski definition) is 1. The Bertz CT molecular complexity index is 763. The second-order valence-electron chi connectivity index (χ2n) is 6.16. The Morgan fingerprint density at radius 1 is 1.23 bits per heavy atom. The highest BCUT2D eigenvalue weighted by Crippen LogP contribution is 2.27. The van der Waals surface area contributed by atoms with Gasteiger partial charge < -0.3 is 15.0 Å². The van der Waals surface area contributed by atoms with Crippen molar-refractivity contribution in [2.24, 2.45) is 0 Å². The first kappa shape index (κ1) is 19.4. The van der Waals surface area contributed by atoms with Gasteiger partial charge in [-0.25, -0.2) is 0 Å². The summed E-state index contributed by atoms with van der Waals surface area (Å²) >= 11 is 0. The molecule has 7 nitrogen and oxygen atoms in total. The van der Waals surface area contributed by atoms with E-state index in [0.29, 0.717) is 6.54 Å². The number of carbonyl (C=O) groups is 1.